The highest BCUT2D eigenvalue weighted by Gasteiger charge is 2.09. The van der Waals surface area contributed by atoms with Crippen LogP contribution >= 0.6 is 0 Å². The minimum atomic E-state index is -0.142. The second-order valence-electron chi connectivity index (χ2n) is 5.04. The average Bonchev–Trinajstić information content (AvgIpc) is 2.27. The molecule has 1 aromatic rings. The molecule has 0 atom stereocenters. The molecule has 0 heterocycles. The molecular weight excluding hydrogens is 212 g/mol. The minimum absolute atomic E-state index is 0.0681. The molecule has 92 valence electrons. The fourth-order valence-corrected chi connectivity index (χ4v) is 1.23. The lowest BCUT2D eigenvalue weighted by atomic mass is 9.97. The average molecular weight is 232 g/mol. The molecule has 0 fully saturated rings. The van der Waals surface area contributed by atoms with E-state index in [2.05, 4.69) is 26.1 Å². The van der Waals surface area contributed by atoms with Crippen molar-refractivity contribution in [3.05, 3.63) is 42.6 Å². The number of amides is 2. The highest BCUT2D eigenvalue weighted by atomic mass is 16.2. The second kappa shape index (κ2) is 5.53. The summed E-state index contributed by atoms with van der Waals surface area (Å²) in [5, 5.41) is 2.74. The molecule has 0 saturated heterocycles. The van der Waals surface area contributed by atoms with Crippen LogP contribution in [0.4, 0.5) is 10.5 Å². The highest BCUT2D eigenvalue weighted by molar-refractivity contribution is 5.91. The van der Waals surface area contributed by atoms with E-state index in [1.807, 2.05) is 36.4 Å². The summed E-state index contributed by atoms with van der Waals surface area (Å²) in [4.78, 5) is 13.4. The van der Waals surface area contributed by atoms with Crippen molar-refractivity contribution in [3.63, 3.8) is 0 Å². The number of carbonyl (C=O) groups excluding carboxylic acids is 1. The molecule has 0 aromatic heterocycles. The maximum Gasteiger partial charge on any atom is 0.325 e. The van der Waals surface area contributed by atoms with Crippen molar-refractivity contribution < 1.29 is 4.79 Å². The standard InChI is InChI=1S/C14H20N2O/c1-14(2,3)10-11-15-13(17)16(4)12-8-6-5-7-9-12/h5-11H,1-4H3,(H,15,17)/b11-10+. The van der Waals surface area contributed by atoms with Gasteiger partial charge in [0.15, 0.2) is 0 Å². The van der Waals surface area contributed by atoms with E-state index in [4.69, 9.17) is 0 Å². The fraction of sp³-hybridized carbons (Fsp3) is 0.357. The SMILES string of the molecule is CN(C(=O)N/C=C/C(C)(C)C)c1ccccc1. The summed E-state index contributed by atoms with van der Waals surface area (Å²) < 4.78 is 0. The van der Waals surface area contributed by atoms with Crippen LogP contribution in [-0.4, -0.2) is 13.1 Å². The molecule has 3 heteroatoms. The summed E-state index contributed by atoms with van der Waals surface area (Å²) in [6.45, 7) is 6.24. The molecule has 1 N–H and O–H groups in total. The Morgan fingerprint density at radius 3 is 2.35 bits per heavy atom. The quantitative estimate of drug-likeness (QED) is 0.832. The third-order valence-electron chi connectivity index (χ3n) is 2.24. The van der Waals surface area contributed by atoms with Gasteiger partial charge >= 0.3 is 6.03 Å². The van der Waals surface area contributed by atoms with Crippen LogP contribution in [0.15, 0.2) is 42.6 Å². The topological polar surface area (TPSA) is 32.3 Å². The van der Waals surface area contributed by atoms with Crippen LogP contribution in [0.3, 0.4) is 0 Å². The normalized spacial score (nSPS) is 11.5. The Bertz CT molecular complexity index is 390. The first kappa shape index (κ1) is 13.3. The Labute approximate surface area is 103 Å². The Morgan fingerprint density at radius 1 is 1.24 bits per heavy atom. The molecule has 1 rings (SSSR count). The van der Waals surface area contributed by atoms with Gasteiger partial charge in [-0.05, 0) is 17.5 Å². The van der Waals surface area contributed by atoms with Gasteiger partial charge in [-0.25, -0.2) is 4.79 Å². The molecule has 0 aliphatic rings. The van der Waals surface area contributed by atoms with Gasteiger partial charge in [0.05, 0.1) is 0 Å². The lowest BCUT2D eigenvalue weighted by molar-refractivity contribution is 0.250. The molecule has 3 nitrogen and oxygen atoms in total. The van der Waals surface area contributed by atoms with Crippen molar-refractivity contribution >= 4 is 11.7 Å². The molecule has 0 radical (unpaired) electrons. The molecule has 17 heavy (non-hydrogen) atoms. The molecule has 0 bridgehead atoms. The van der Waals surface area contributed by atoms with Crippen LogP contribution in [0.25, 0.3) is 0 Å². The zero-order valence-electron chi connectivity index (χ0n) is 10.9. The van der Waals surface area contributed by atoms with Crippen molar-refractivity contribution in [2.45, 2.75) is 20.8 Å². The van der Waals surface area contributed by atoms with Crippen LogP contribution < -0.4 is 10.2 Å². The zero-order chi connectivity index (χ0) is 12.9. The molecule has 0 spiro atoms. The largest absolute Gasteiger partial charge is 0.325 e. The predicted octanol–water partition coefficient (Wildman–Crippen LogP) is 3.39. The molecule has 1 aromatic carbocycles. The van der Waals surface area contributed by atoms with Crippen LogP contribution in [0.1, 0.15) is 20.8 Å². The molecule has 2 amide bonds. The van der Waals surface area contributed by atoms with E-state index < -0.39 is 0 Å². The Morgan fingerprint density at radius 2 is 1.82 bits per heavy atom. The summed E-state index contributed by atoms with van der Waals surface area (Å²) in [6.07, 6.45) is 3.66. The van der Waals surface area contributed by atoms with Crippen molar-refractivity contribution in [2.24, 2.45) is 5.41 Å². The molecule has 0 saturated carbocycles. The summed E-state index contributed by atoms with van der Waals surface area (Å²) in [5.41, 5.74) is 0.938. The number of hydrogen-bond acceptors (Lipinski definition) is 1. The number of rotatable bonds is 2. The number of benzene rings is 1. The molecular formula is C14H20N2O. The van der Waals surface area contributed by atoms with E-state index >= 15 is 0 Å². The lowest BCUT2D eigenvalue weighted by Crippen LogP contribution is -2.34. The van der Waals surface area contributed by atoms with Crippen LogP contribution in [-0.2, 0) is 0 Å². The first-order valence-electron chi connectivity index (χ1n) is 5.67. The fourth-order valence-electron chi connectivity index (χ4n) is 1.23. The third-order valence-corrected chi connectivity index (χ3v) is 2.24. The number of nitrogens with zero attached hydrogens (tertiary/aromatic N) is 1. The van der Waals surface area contributed by atoms with Gasteiger partial charge in [0.25, 0.3) is 0 Å². The molecule has 0 unspecified atom stereocenters. The molecule has 0 aliphatic carbocycles. The predicted molar refractivity (Wildman–Crippen MR) is 72.0 cm³/mol. The second-order valence-corrected chi connectivity index (χ2v) is 5.04. The number of anilines is 1. The smallest absolute Gasteiger partial charge is 0.315 e. The van der Waals surface area contributed by atoms with E-state index in [0.29, 0.717) is 0 Å². The summed E-state index contributed by atoms with van der Waals surface area (Å²) in [6, 6.07) is 9.39. The van der Waals surface area contributed by atoms with Crippen LogP contribution in [0.5, 0.6) is 0 Å². The van der Waals surface area contributed by atoms with Crippen molar-refractivity contribution in [2.75, 3.05) is 11.9 Å². The van der Waals surface area contributed by atoms with Crippen molar-refractivity contribution in [3.8, 4) is 0 Å². The number of carbonyl (C=O) groups is 1. The summed E-state index contributed by atoms with van der Waals surface area (Å²) in [5.74, 6) is 0. The Kier molecular flexibility index (Phi) is 4.32. The summed E-state index contributed by atoms with van der Waals surface area (Å²) in [7, 11) is 1.75. The van der Waals surface area contributed by atoms with Gasteiger partial charge in [-0.3, -0.25) is 4.90 Å². The number of nitrogens with one attached hydrogen (secondary N) is 1. The number of urea groups is 1. The monoisotopic (exact) mass is 232 g/mol. The van der Waals surface area contributed by atoms with E-state index in [1.165, 1.54) is 0 Å². The van der Waals surface area contributed by atoms with E-state index in [9.17, 15) is 4.79 Å². The van der Waals surface area contributed by atoms with Gasteiger partial charge in [-0.15, -0.1) is 0 Å². The van der Waals surface area contributed by atoms with Crippen LogP contribution in [0.2, 0.25) is 0 Å². The zero-order valence-corrected chi connectivity index (χ0v) is 10.9. The highest BCUT2D eigenvalue weighted by Crippen LogP contribution is 2.14. The van der Waals surface area contributed by atoms with E-state index in [-0.39, 0.29) is 11.4 Å². The van der Waals surface area contributed by atoms with Gasteiger partial charge < -0.3 is 5.32 Å². The van der Waals surface area contributed by atoms with Gasteiger partial charge in [-0.2, -0.15) is 0 Å². The maximum absolute atomic E-state index is 11.8. The lowest BCUT2D eigenvalue weighted by Gasteiger charge is -2.17. The van der Waals surface area contributed by atoms with Crippen molar-refractivity contribution in [1.29, 1.82) is 0 Å². The number of hydrogen-bond donors (Lipinski definition) is 1. The first-order valence-corrected chi connectivity index (χ1v) is 5.67. The molecule has 0 aliphatic heterocycles. The number of allylic oxidation sites excluding steroid dienone is 1. The first-order chi connectivity index (χ1) is 7.90. The van der Waals surface area contributed by atoms with Gasteiger partial charge in [0.1, 0.15) is 0 Å². The van der Waals surface area contributed by atoms with Crippen molar-refractivity contribution in [1.82, 2.24) is 5.32 Å². The van der Waals surface area contributed by atoms with E-state index in [0.717, 1.165) is 5.69 Å². The minimum Gasteiger partial charge on any atom is -0.315 e. The Balaban J connectivity index is 2.57. The Hall–Kier alpha value is -1.77. The van der Waals surface area contributed by atoms with Crippen LogP contribution in [0, 0.1) is 5.41 Å². The van der Waals surface area contributed by atoms with Gasteiger partial charge in [0, 0.05) is 18.9 Å². The third kappa shape index (κ3) is 4.72. The van der Waals surface area contributed by atoms with E-state index in [1.54, 1.807) is 18.1 Å². The maximum atomic E-state index is 11.8. The number of para-hydroxylation sites is 1. The summed E-state index contributed by atoms with van der Waals surface area (Å²) >= 11 is 0. The van der Waals surface area contributed by atoms with Gasteiger partial charge in [0.2, 0.25) is 0 Å². The van der Waals surface area contributed by atoms with Gasteiger partial charge in [-0.1, -0.05) is 45.0 Å².